The van der Waals surface area contributed by atoms with Crippen molar-refractivity contribution in [3.05, 3.63) is 130 Å². The van der Waals surface area contributed by atoms with Gasteiger partial charge in [0.1, 0.15) is 18.1 Å². The largest absolute Gasteiger partial charge is 0.701 e. The van der Waals surface area contributed by atoms with Crippen LogP contribution in [0.1, 0.15) is 64.4 Å². The first-order valence-corrected chi connectivity index (χ1v) is 20.1. The van der Waals surface area contributed by atoms with Crippen LogP contribution >= 0.6 is 8.25 Å². The van der Waals surface area contributed by atoms with E-state index in [4.69, 9.17) is 10.6 Å². The highest BCUT2D eigenvalue weighted by Gasteiger charge is 2.43. The number of aryl methyl sites for hydroxylation is 1. The average molecular weight is 851 g/mol. The number of aromatic hydroxyl groups is 2. The van der Waals surface area contributed by atoms with Crippen LogP contribution in [-0.2, 0) is 60.1 Å². The van der Waals surface area contributed by atoms with Crippen molar-refractivity contribution in [2.45, 2.75) is 76.1 Å². The monoisotopic (exact) mass is 850 g/mol. The Morgan fingerprint density at radius 1 is 0.733 bits per heavy atom. The summed E-state index contributed by atoms with van der Waals surface area (Å²) in [5.41, 5.74) is 7.68. The third-order valence-electron chi connectivity index (χ3n) is 9.38. The molecule has 4 aromatic carbocycles. The van der Waals surface area contributed by atoms with Gasteiger partial charge in [-0.3, -0.25) is 24.0 Å². The molecule has 0 saturated heterocycles. The molecular formula is C42H47F2N5O10P+. The lowest BCUT2D eigenvalue weighted by Gasteiger charge is -2.25. The van der Waals surface area contributed by atoms with Gasteiger partial charge in [0.05, 0.1) is 12.0 Å². The fraction of sp³-hybridized carbons (Fsp3) is 0.310. The minimum atomic E-state index is -4.12. The lowest BCUT2D eigenvalue weighted by Crippen LogP contribution is -2.57. The molecule has 5 amide bonds. The second kappa shape index (κ2) is 22.2. The van der Waals surface area contributed by atoms with Crippen LogP contribution in [-0.4, -0.2) is 69.3 Å². The lowest BCUT2D eigenvalue weighted by molar-refractivity contribution is -0.185. The quantitative estimate of drug-likeness (QED) is 0.0322. The van der Waals surface area contributed by atoms with Crippen LogP contribution in [0.25, 0.3) is 0 Å². The lowest BCUT2D eigenvalue weighted by atomic mass is 10.0. The summed E-state index contributed by atoms with van der Waals surface area (Å²) in [7, 11) is -3.64. The predicted octanol–water partition coefficient (Wildman–Crippen LogP) is 3.94. The highest BCUT2D eigenvalue weighted by Crippen LogP contribution is 2.37. The van der Waals surface area contributed by atoms with Gasteiger partial charge in [0.2, 0.25) is 23.6 Å². The zero-order valence-electron chi connectivity index (χ0n) is 32.6. The molecular weight excluding hydrogens is 803 g/mol. The molecule has 0 bridgehead atoms. The number of nitrogens with two attached hydrogens (primary N) is 1. The number of carbonyl (C=O) groups excluding carboxylic acids is 5. The van der Waals surface area contributed by atoms with Crippen molar-refractivity contribution in [2.24, 2.45) is 5.73 Å². The van der Waals surface area contributed by atoms with Crippen molar-refractivity contribution in [1.29, 1.82) is 0 Å². The minimum absolute atomic E-state index is 0.0328. The van der Waals surface area contributed by atoms with Crippen LogP contribution in [0.2, 0.25) is 0 Å². The summed E-state index contributed by atoms with van der Waals surface area (Å²) in [5, 5.41) is 30.2. The standard InChI is InChI=1S/C42H46F2N5O10P/c1-2-26-11-16-30(17-12-26)39(54)46-21-7-6-10-32(38(45)53)48-41(56)34(23-28-13-18-31(19-14-28)42(43,44)59-60(57)58)49-40(55)33(22-27-8-4-3-5-9-27)47-37(52)25-29-15-20-35(50)36(51)24-29/h3-5,8-9,11-20,24,32-34H,2,6-7,10,21-23,25H2,1H3,(H8-,45,46,47,48,49,50,51,52,53,54,55,56,57,58)/p+1. The fourth-order valence-corrected chi connectivity index (χ4v) is 6.40. The summed E-state index contributed by atoms with van der Waals surface area (Å²) >= 11 is 0. The van der Waals surface area contributed by atoms with E-state index in [0.717, 1.165) is 24.1 Å². The van der Waals surface area contributed by atoms with Gasteiger partial charge in [0.25, 0.3) is 5.91 Å². The van der Waals surface area contributed by atoms with Crippen molar-refractivity contribution in [2.75, 3.05) is 6.54 Å². The molecule has 0 radical (unpaired) electrons. The van der Waals surface area contributed by atoms with Crippen molar-refractivity contribution >= 4 is 37.8 Å². The van der Waals surface area contributed by atoms with Crippen molar-refractivity contribution in [3.8, 4) is 11.5 Å². The maximum Gasteiger partial charge on any atom is 0.701 e. The molecule has 0 spiro atoms. The number of amides is 5. The summed E-state index contributed by atoms with van der Waals surface area (Å²) in [4.78, 5) is 75.1. The second-order valence-electron chi connectivity index (χ2n) is 13.9. The summed E-state index contributed by atoms with van der Waals surface area (Å²) in [5.74, 6) is -4.31. The van der Waals surface area contributed by atoms with Gasteiger partial charge in [0.15, 0.2) is 11.5 Å². The molecule has 15 nitrogen and oxygen atoms in total. The first kappa shape index (κ1) is 46.4. The number of unbranched alkanes of at least 4 members (excludes halogenated alkanes) is 1. The van der Waals surface area contributed by atoms with Crippen molar-refractivity contribution in [3.63, 3.8) is 0 Å². The minimum Gasteiger partial charge on any atom is -0.504 e. The van der Waals surface area contributed by atoms with Gasteiger partial charge in [-0.1, -0.05) is 67.6 Å². The van der Waals surface area contributed by atoms with E-state index in [1.807, 2.05) is 19.1 Å². The number of phenolic OH excluding ortho intramolecular Hbond substituents is 2. The number of carbonyl (C=O) groups is 5. The van der Waals surface area contributed by atoms with Gasteiger partial charge in [-0.05, 0) is 88.9 Å². The average Bonchev–Trinajstić information content (AvgIpc) is 3.21. The Kier molecular flexibility index (Phi) is 17.2. The van der Waals surface area contributed by atoms with Gasteiger partial charge in [-0.15, -0.1) is 4.89 Å². The third kappa shape index (κ3) is 14.5. The van der Waals surface area contributed by atoms with Gasteiger partial charge >= 0.3 is 14.4 Å². The molecule has 4 rings (SSSR count). The molecule has 0 saturated carbocycles. The van der Waals surface area contributed by atoms with E-state index < -0.39 is 67.4 Å². The zero-order valence-corrected chi connectivity index (χ0v) is 33.5. The zero-order chi connectivity index (χ0) is 43.8. The Morgan fingerprint density at radius 3 is 1.88 bits per heavy atom. The highest BCUT2D eigenvalue weighted by atomic mass is 31.1. The maximum absolute atomic E-state index is 14.4. The summed E-state index contributed by atoms with van der Waals surface area (Å²) in [6, 6.07) is 19.9. The molecule has 4 aromatic rings. The Hall–Kier alpha value is -6.29. The number of nitrogens with one attached hydrogen (secondary N) is 4. The van der Waals surface area contributed by atoms with E-state index in [0.29, 0.717) is 29.5 Å². The van der Waals surface area contributed by atoms with Crippen molar-refractivity contribution < 1.29 is 56.9 Å². The molecule has 0 fully saturated rings. The van der Waals surface area contributed by atoms with E-state index in [2.05, 4.69) is 25.8 Å². The molecule has 318 valence electrons. The topological polar surface area (TPSA) is 246 Å². The van der Waals surface area contributed by atoms with Crippen LogP contribution in [0, 0.1) is 0 Å². The predicted molar refractivity (Wildman–Crippen MR) is 216 cm³/mol. The van der Waals surface area contributed by atoms with E-state index in [-0.39, 0.29) is 49.4 Å². The molecule has 18 heteroatoms. The maximum atomic E-state index is 14.4. The molecule has 4 unspecified atom stereocenters. The molecule has 0 aliphatic rings. The smallest absolute Gasteiger partial charge is 0.504 e. The first-order valence-electron chi connectivity index (χ1n) is 19.0. The van der Waals surface area contributed by atoms with Gasteiger partial charge < -0.3 is 37.2 Å². The molecule has 60 heavy (non-hydrogen) atoms. The number of benzene rings is 4. The van der Waals surface area contributed by atoms with E-state index >= 15 is 0 Å². The number of hydrogen-bond donors (Lipinski definition) is 8. The van der Waals surface area contributed by atoms with Crippen LogP contribution in [0.4, 0.5) is 8.78 Å². The van der Waals surface area contributed by atoms with E-state index in [1.165, 1.54) is 30.3 Å². The Morgan fingerprint density at radius 2 is 1.30 bits per heavy atom. The molecule has 0 aliphatic carbocycles. The number of rotatable bonds is 22. The van der Waals surface area contributed by atoms with Gasteiger partial charge in [-0.2, -0.15) is 8.78 Å². The number of primary amides is 1. The normalized spacial score (nSPS) is 13.0. The second-order valence-corrected chi connectivity index (χ2v) is 14.5. The number of alkyl halides is 2. The summed E-state index contributed by atoms with van der Waals surface area (Å²) < 4.78 is 43.5. The van der Waals surface area contributed by atoms with E-state index in [1.54, 1.807) is 42.5 Å². The molecule has 0 aromatic heterocycles. The SMILES string of the molecule is CCc1ccc(C(=O)NCCCCC(NC(=O)C(Cc2ccc(C(F)(F)O[P+](=O)O)cc2)NC(=O)C(Cc2ccccc2)NC(=O)Cc2ccc(O)c(O)c2)C(N)=O)cc1. The highest BCUT2D eigenvalue weighted by molar-refractivity contribution is 7.32. The third-order valence-corrected chi connectivity index (χ3v) is 9.77. The number of halogens is 2. The Balaban J connectivity index is 1.51. The van der Waals surface area contributed by atoms with E-state index in [9.17, 15) is 47.5 Å². The molecule has 0 heterocycles. The van der Waals surface area contributed by atoms with Crippen molar-refractivity contribution in [1.82, 2.24) is 21.3 Å². The fourth-order valence-electron chi connectivity index (χ4n) is 6.10. The van der Waals surface area contributed by atoms with Crippen LogP contribution < -0.4 is 27.0 Å². The summed E-state index contributed by atoms with van der Waals surface area (Å²) in [6.07, 6.45) is -3.09. The Bertz CT molecular complexity index is 2130. The Labute approximate surface area is 345 Å². The van der Waals surface area contributed by atoms with Crippen LogP contribution in [0.15, 0.2) is 97.1 Å². The van der Waals surface area contributed by atoms with Gasteiger partial charge in [0, 0.05) is 29.5 Å². The number of phenols is 2. The van der Waals surface area contributed by atoms with Crippen LogP contribution in [0.3, 0.4) is 0 Å². The molecule has 4 atom stereocenters. The first-order chi connectivity index (χ1) is 28.5. The van der Waals surface area contributed by atoms with Gasteiger partial charge in [-0.25, -0.2) is 0 Å². The van der Waals surface area contributed by atoms with Crippen LogP contribution in [0.5, 0.6) is 11.5 Å². The molecule has 0 aliphatic heterocycles. The molecule has 9 N–H and O–H groups in total. The number of hydrogen-bond acceptors (Lipinski definition) is 9. The summed E-state index contributed by atoms with van der Waals surface area (Å²) in [6.45, 7) is 2.27.